The van der Waals surface area contributed by atoms with Crippen molar-refractivity contribution >= 4 is 34.3 Å². The molecule has 0 radical (unpaired) electrons. The van der Waals surface area contributed by atoms with Crippen LogP contribution in [0.2, 0.25) is 0 Å². The number of alkyl halides is 2. The summed E-state index contributed by atoms with van der Waals surface area (Å²) in [5.74, 6) is -2.88. The predicted molar refractivity (Wildman–Crippen MR) is 198 cm³/mol. The summed E-state index contributed by atoms with van der Waals surface area (Å²) in [6.07, 6.45) is 3.83. The molecular weight excluding hydrogens is 848 g/mol. The van der Waals surface area contributed by atoms with Crippen LogP contribution in [-0.4, -0.2) is 77.2 Å². The van der Waals surface area contributed by atoms with Gasteiger partial charge >= 0.3 is 115 Å². The number of esters is 2. The molecule has 19 heteroatoms. The largest absolute Gasteiger partial charge is 1.00 e. The Morgan fingerprint density at radius 2 is 1.31 bits per heavy atom. The first-order chi connectivity index (χ1) is 24.8. The Labute approximate surface area is 418 Å². The maximum atomic E-state index is 13.7. The molecule has 0 amide bonds. The molecule has 0 unspecified atom stereocenters. The summed E-state index contributed by atoms with van der Waals surface area (Å²) >= 11 is 3.41. The minimum atomic E-state index is -1.00. The number of rotatable bonds is 11. The van der Waals surface area contributed by atoms with E-state index in [2.05, 4.69) is 57.6 Å². The Kier molecular flexibility index (Phi) is 40.1. The predicted octanol–water partition coefficient (Wildman–Crippen LogP) is 1.05. The number of phenolic OH excluding ortho intramolecular Hbond substituents is 1. The zero-order valence-electron chi connectivity index (χ0n) is 33.1. The van der Waals surface area contributed by atoms with Gasteiger partial charge in [0.05, 0.1) is 51.9 Å². The molecule has 0 atom stereocenters. The maximum Gasteiger partial charge on any atom is 1.00 e. The molecule has 0 spiro atoms. The van der Waals surface area contributed by atoms with Gasteiger partial charge in [0.15, 0.2) is 23.1 Å². The molecule has 3 N–H and O–H groups in total. The maximum absolute atomic E-state index is 13.7. The SMILES string of the molecule is C.C.COC(=O)c1ccc(F)c(O)c1.COC(=O)c1ccc(F)c(OCCCc2c(C)n[nH]c2C)c1.Cc1n[nH]c(C)c1CCCBr.O=CO[O-].[2H]CF.[H-].[K+].[K+]. The summed E-state index contributed by atoms with van der Waals surface area (Å²) in [5, 5.41) is 32.5. The fourth-order valence-corrected chi connectivity index (χ4v) is 4.46. The molecule has 0 bridgehead atoms. The summed E-state index contributed by atoms with van der Waals surface area (Å²) in [6.45, 7) is 8.21. The van der Waals surface area contributed by atoms with Gasteiger partial charge in [-0.3, -0.25) is 19.4 Å². The molecular formula is C36H52BrF3K2N4O9. The summed E-state index contributed by atoms with van der Waals surface area (Å²) in [4.78, 5) is 33.5. The first-order valence-electron chi connectivity index (χ1n) is 15.7. The number of hydrogen-bond acceptors (Lipinski definition) is 11. The number of carbonyl (C=O) groups is 3. The molecule has 13 nitrogen and oxygen atoms in total. The Morgan fingerprint density at radius 3 is 1.67 bits per heavy atom. The number of halogens is 4. The minimum Gasteiger partial charge on any atom is -1.00 e. The van der Waals surface area contributed by atoms with Crippen LogP contribution in [0.1, 0.15) is 85.1 Å². The third-order valence-corrected chi connectivity index (χ3v) is 7.27. The minimum absolute atomic E-state index is 0. The van der Waals surface area contributed by atoms with Gasteiger partial charge in [-0.05, 0) is 101 Å². The van der Waals surface area contributed by atoms with E-state index in [1.807, 2.05) is 20.8 Å². The molecule has 0 aliphatic heterocycles. The van der Waals surface area contributed by atoms with Gasteiger partial charge in [0, 0.05) is 16.7 Å². The van der Waals surface area contributed by atoms with E-state index in [4.69, 9.17) is 21.3 Å². The molecule has 0 fully saturated rings. The van der Waals surface area contributed by atoms with E-state index in [9.17, 15) is 22.8 Å². The van der Waals surface area contributed by atoms with Gasteiger partial charge < -0.3 is 30.9 Å². The zero-order valence-corrected chi connectivity index (χ0v) is 38.9. The Hall–Kier alpha value is -1.63. The van der Waals surface area contributed by atoms with Gasteiger partial charge in [-0.1, -0.05) is 30.8 Å². The smallest absolute Gasteiger partial charge is 1.00 e. The normalized spacial score (nSPS) is 9.11. The van der Waals surface area contributed by atoms with Crippen LogP contribution in [0, 0.1) is 39.3 Å². The number of aromatic hydroxyl groups is 1. The number of nitrogens with one attached hydrogen (secondary N) is 2. The number of H-pyrrole nitrogens is 2. The number of nitrogens with zero attached hydrogens (tertiary/aromatic N) is 2. The molecule has 0 aliphatic carbocycles. The van der Waals surface area contributed by atoms with Crippen molar-refractivity contribution in [2.75, 3.05) is 33.3 Å². The average molecular weight is 901 g/mol. The van der Waals surface area contributed by atoms with E-state index in [0.717, 1.165) is 59.4 Å². The van der Waals surface area contributed by atoms with Gasteiger partial charge in [-0.15, -0.1) is 0 Å². The van der Waals surface area contributed by atoms with Crippen LogP contribution in [0.4, 0.5) is 13.2 Å². The van der Waals surface area contributed by atoms with Gasteiger partial charge in [0.25, 0.3) is 6.47 Å². The van der Waals surface area contributed by atoms with Gasteiger partial charge in [0.1, 0.15) is 0 Å². The fourth-order valence-electron chi connectivity index (χ4n) is 4.18. The average Bonchev–Trinajstić information content (AvgIpc) is 3.64. The second-order valence-electron chi connectivity index (χ2n) is 10.1. The van der Waals surface area contributed by atoms with Gasteiger partial charge in [-0.25, -0.2) is 18.4 Å². The van der Waals surface area contributed by atoms with E-state index >= 15 is 0 Å². The first kappa shape index (κ1) is 60.1. The molecule has 4 aromatic rings. The summed E-state index contributed by atoms with van der Waals surface area (Å²) in [5.41, 5.74) is 7.29. The Morgan fingerprint density at radius 1 is 0.891 bits per heavy atom. The van der Waals surface area contributed by atoms with E-state index in [-0.39, 0.29) is 142 Å². The molecule has 2 aromatic carbocycles. The Balaban J connectivity index is -0.000000160. The number of benzene rings is 2. The molecule has 0 aliphatic rings. The Bertz CT molecular complexity index is 1640. The quantitative estimate of drug-likeness (QED) is 0.0372. The van der Waals surface area contributed by atoms with E-state index in [1.165, 1.54) is 56.2 Å². The molecule has 2 aromatic heterocycles. The standard InChI is InChI=1S/C16H19FN2O3.C8H13BrN2.C8H7FO3.CH3F.CH2O3.2CH4.2K.H/c1-10-13(11(2)19-18-10)5-4-8-22-15-9-12(16(20)21-3)6-7-14(15)17;1-6-8(4-3-5-9)7(2)11-10-6;1-12-8(11)5-2-3-6(9)7(10)4-5;1-2;2-1-4-3;;;;;/h6-7,9H,4-5,8H2,1-3H3,(H,18,19);3-5H2,1-2H3,(H,10,11);2-4,10H,1H3;1H3;1,3H;2*1H4;;;/q;;;;;;;2*+1;-1/p-1/i;;;1D;;;;;;. The molecule has 0 saturated carbocycles. The zero-order chi connectivity index (χ0) is 39.6. The van der Waals surface area contributed by atoms with Crippen LogP contribution >= 0.6 is 15.9 Å². The van der Waals surface area contributed by atoms with E-state index in [1.54, 1.807) is 0 Å². The van der Waals surface area contributed by atoms with Crippen molar-refractivity contribution in [1.29, 1.82) is 0 Å². The number of ether oxygens (including phenoxy) is 3. The second-order valence-corrected chi connectivity index (χ2v) is 10.8. The molecule has 4 rings (SSSR count). The third kappa shape index (κ3) is 24.0. The summed E-state index contributed by atoms with van der Waals surface area (Å²) in [6, 6.07) is 7.18. The summed E-state index contributed by atoms with van der Waals surface area (Å²) in [7, 11) is 1.49. The first-order valence-corrected chi connectivity index (χ1v) is 16.1. The second kappa shape index (κ2) is 36.7. The van der Waals surface area contributed by atoms with Crippen molar-refractivity contribution in [3.05, 3.63) is 93.1 Å². The van der Waals surface area contributed by atoms with Crippen LogP contribution < -0.4 is 113 Å². The monoisotopic (exact) mass is 899 g/mol. The summed E-state index contributed by atoms with van der Waals surface area (Å²) < 4.78 is 56.0. The molecule has 2 heterocycles. The number of methoxy groups -OCH3 is 2. The number of aromatic nitrogens is 4. The topological polar surface area (TPSA) is 189 Å². The van der Waals surface area contributed by atoms with Crippen molar-refractivity contribution in [3.63, 3.8) is 0 Å². The third-order valence-electron chi connectivity index (χ3n) is 6.71. The van der Waals surface area contributed by atoms with Crippen LogP contribution in [0.15, 0.2) is 36.4 Å². The molecule has 300 valence electrons. The van der Waals surface area contributed by atoms with E-state index < -0.39 is 36.5 Å². The van der Waals surface area contributed by atoms with Crippen molar-refractivity contribution in [3.8, 4) is 11.5 Å². The van der Waals surface area contributed by atoms with Crippen molar-refractivity contribution in [1.82, 2.24) is 20.4 Å². The molecule has 55 heavy (non-hydrogen) atoms. The van der Waals surface area contributed by atoms with Crippen LogP contribution in [-0.2, 0) is 32.0 Å². The number of aromatic amines is 2. The van der Waals surface area contributed by atoms with Crippen molar-refractivity contribution < 1.29 is 163 Å². The number of aryl methyl sites for hydroxylation is 4. The van der Waals surface area contributed by atoms with E-state index in [0.29, 0.717) is 6.61 Å². The van der Waals surface area contributed by atoms with Gasteiger partial charge in [0.2, 0.25) is 0 Å². The molecule has 0 saturated heterocycles. The van der Waals surface area contributed by atoms with Crippen LogP contribution in [0.5, 0.6) is 11.5 Å². The number of carbonyl (C=O) groups excluding carboxylic acids is 3. The number of phenols is 1. The van der Waals surface area contributed by atoms with Crippen molar-refractivity contribution in [2.24, 2.45) is 0 Å². The van der Waals surface area contributed by atoms with Gasteiger partial charge in [-0.2, -0.15) is 10.2 Å². The van der Waals surface area contributed by atoms with Crippen LogP contribution in [0.3, 0.4) is 0 Å². The number of hydrogen-bond donors (Lipinski definition) is 3. The van der Waals surface area contributed by atoms with Crippen molar-refractivity contribution in [2.45, 2.75) is 68.2 Å². The fraction of sp³-hybridized carbons (Fsp3) is 0.417. The van der Waals surface area contributed by atoms with Crippen LogP contribution in [0.25, 0.3) is 0 Å².